The highest BCUT2D eigenvalue weighted by Crippen LogP contribution is 2.19. The number of halogens is 2. The maximum atomic E-state index is 7.36. The first-order valence-electron chi connectivity index (χ1n) is 5.47. The van der Waals surface area contributed by atoms with E-state index >= 15 is 0 Å². The van der Waals surface area contributed by atoms with Crippen molar-refractivity contribution in [3.05, 3.63) is 64.7 Å². The van der Waals surface area contributed by atoms with Crippen LogP contribution in [0.5, 0.6) is 5.75 Å². The molecule has 0 saturated carbocycles. The summed E-state index contributed by atoms with van der Waals surface area (Å²) in [5, 5.41) is 8.04. The fourth-order valence-corrected chi connectivity index (χ4v) is 1.72. The van der Waals surface area contributed by atoms with Gasteiger partial charge in [-0.3, -0.25) is 5.41 Å². The van der Waals surface area contributed by atoms with E-state index in [2.05, 4.69) is 0 Å². The number of rotatable bonds is 4. The number of hydrogen-bond acceptors (Lipinski definition) is 2. The number of ether oxygens (including phenoxy) is 1. The molecule has 2 rings (SSSR count). The molecule has 0 aliphatic carbocycles. The van der Waals surface area contributed by atoms with E-state index in [1.54, 1.807) is 18.2 Å². The van der Waals surface area contributed by atoms with Gasteiger partial charge in [-0.2, -0.15) is 0 Å². The van der Waals surface area contributed by atoms with E-state index in [9.17, 15) is 0 Å². The first-order chi connectivity index (χ1) is 8.66. The lowest BCUT2D eigenvalue weighted by atomic mass is 10.2. The second kappa shape index (κ2) is 7.02. The summed E-state index contributed by atoms with van der Waals surface area (Å²) in [6.07, 6.45) is 0. The molecule has 0 aliphatic rings. The third kappa shape index (κ3) is 4.16. The number of hydrogen-bond donors (Lipinski definition) is 2. The molecule has 2 aromatic rings. The first kappa shape index (κ1) is 15.3. The predicted octanol–water partition coefficient (Wildman–Crippen LogP) is 3.62. The van der Waals surface area contributed by atoms with E-state index in [1.165, 1.54) is 0 Å². The molecule has 0 aliphatic heterocycles. The Morgan fingerprint density at radius 3 is 2.58 bits per heavy atom. The number of amidine groups is 1. The van der Waals surface area contributed by atoms with Gasteiger partial charge in [-0.15, -0.1) is 12.4 Å². The SMILES string of the molecule is Cl.N=C(N)c1cccc(OCc2ccccc2Cl)c1. The quantitative estimate of drug-likeness (QED) is 0.669. The van der Waals surface area contributed by atoms with E-state index in [4.69, 9.17) is 27.5 Å². The third-order valence-electron chi connectivity index (χ3n) is 2.50. The summed E-state index contributed by atoms with van der Waals surface area (Å²) < 4.78 is 5.63. The minimum absolute atomic E-state index is 0. The van der Waals surface area contributed by atoms with Crippen molar-refractivity contribution in [1.82, 2.24) is 0 Å². The molecule has 3 N–H and O–H groups in total. The topological polar surface area (TPSA) is 59.1 Å². The average molecular weight is 297 g/mol. The van der Waals surface area contributed by atoms with Crippen molar-refractivity contribution >= 4 is 29.8 Å². The van der Waals surface area contributed by atoms with Gasteiger partial charge in [-0.25, -0.2) is 0 Å². The number of nitrogens with one attached hydrogen (secondary N) is 1. The Hall–Kier alpha value is -1.71. The van der Waals surface area contributed by atoms with E-state index < -0.39 is 0 Å². The molecule has 0 heterocycles. The Bertz CT molecular complexity index is 573. The Morgan fingerprint density at radius 1 is 1.16 bits per heavy atom. The zero-order valence-corrected chi connectivity index (χ0v) is 11.7. The van der Waals surface area contributed by atoms with Gasteiger partial charge < -0.3 is 10.5 Å². The maximum Gasteiger partial charge on any atom is 0.122 e. The van der Waals surface area contributed by atoms with Gasteiger partial charge in [0.05, 0.1) is 0 Å². The third-order valence-corrected chi connectivity index (χ3v) is 2.87. The highest BCUT2D eigenvalue weighted by Gasteiger charge is 2.02. The molecule has 3 nitrogen and oxygen atoms in total. The highest BCUT2D eigenvalue weighted by atomic mass is 35.5. The molecule has 0 aromatic heterocycles. The molecular weight excluding hydrogens is 283 g/mol. The van der Waals surface area contributed by atoms with Crippen molar-refractivity contribution in [3.8, 4) is 5.75 Å². The molecule has 0 radical (unpaired) electrons. The van der Waals surface area contributed by atoms with Gasteiger partial charge in [0.2, 0.25) is 0 Å². The van der Waals surface area contributed by atoms with Crippen molar-refractivity contribution in [2.24, 2.45) is 5.73 Å². The molecule has 0 fully saturated rings. The molecule has 0 unspecified atom stereocenters. The molecule has 0 amide bonds. The molecule has 100 valence electrons. The minimum atomic E-state index is 0. The summed E-state index contributed by atoms with van der Waals surface area (Å²) >= 11 is 6.04. The van der Waals surface area contributed by atoms with Gasteiger partial charge in [0.15, 0.2) is 0 Å². The molecule has 0 atom stereocenters. The van der Waals surface area contributed by atoms with Crippen molar-refractivity contribution in [2.45, 2.75) is 6.61 Å². The summed E-state index contributed by atoms with van der Waals surface area (Å²) in [6, 6.07) is 14.7. The predicted molar refractivity (Wildman–Crippen MR) is 80.5 cm³/mol. The second-order valence-electron chi connectivity index (χ2n) is 3.82. The van der Waals surface area contributed by atoms with Crippen LogP contribution in [0.15, 0.2) is 48.5 Å². The number of benzene rings is 2. The van der Waals surface area contributed by atoms with E-state index in [-0.39, 0.29) is 18.2 Å². The van der Waals surface area contributed by atoms with Gasteiger partial charge in [0, 0.05) is 16.1 Å². The number of nitrogen functional groups attached to an aromatic ring is 1. The lowest BCUT2D eigenvalue weighted by Gasteiger charge is -2.08. The lowest BCUT2D eigenvalue weighted by molar-refractivity contribution is 0.306. The summed E-state index contributed by atoms with van der Waals surface area (Å²) in [5.41, 5.74) is 6.99. The first-order valence-corrected chi connectivity index (χ1v) is 5.85. The van der Waals surface area contributed by atoms with Crippen LogP contribution in [0.4, 0.5) is 0 Å². The molecule has 0 spiro atoms. The highest BCUT2D eigenvalue weighted by molar-refractivity contribution is 6.31. The number of nitrogens with two attached hydrogens (primary N) is 1. The fourth-order valence-electron chi connectivity index (χ4n) is 1.53. The van der Waals surface area contributed by atoms with Crippen molar-refractivity contribution in [2.75, 3.05) is 0 Å². The summed E-state index contributed by atoms with van der Waals surface area (Å²) in [5.74, 6) is 0.695. The largest absolute Gasteiger partial charge is 0.489 e. The van der Waals surface area contributed by atoms with Crippen LogP contribution in [0.3, 0.4) is 0 Å². The maximum absolute atomic E-state index is 7.36. The van der Waals surface area contributed by atoms with Crippen LogP contribution >= 0.6 is 24.0 Å². The van der Waals surface area contributed by atoms with Crippen LogP contribution in [0.25, 0.3) is 0 Å². The Labute approximate surface area is 123 Å². The van der Waals surface area contributed by atoms with E-state index in [1.807, 2.05) is 30.3 Å². The minimum Gasteiger partial charge on any atom is -0.489 e. The van der Waals surface area contributed by atoms with Crippen LogP contribution < -0.4 is 10.5 Å². The summed E-state index contributed by atoms with van der Waals surface area (Å²) in [6.45, 7) is 0.390. The smallest absolute Gasteiger partial charge is 0.122 e. The summed E-state index contributed by atoms with van der Waals surface area (Å²) in [4.78, 5) is 0. The van der Waals surface area contributed by atoms with Crippen LogP contribution in [0.1, 0.15) is 11.1 Å². The average Bonchev–Trinajstić information content (AvgIpc) is 2.38. The second-order valence-corrected chi connectivity index (χ2v) is 4.23. The van der Waals surface area contributed by atoms with Crippen molar-refractivity contribution in [1.29, 1.82) is 5.41 Å². The Kier molecular flexibility index (Phi) is 5.67. The van der Waals surface area contributed by atoms with Gasteiger partial charge in [0.1, 0.15) is 18.2 Å². The monoisotopic (exact) mass is 296 g/mol. The molecule has 2 aromatic carbocycles. The lowest BCUT2D eigenvalue weighted by Crippen LogP contribution is -2.10. The Morgan fingerprint density at radius 2 is 1.89 bits per heavy atom. The zero-order valence-electron chi connectivity index (χ0n) is 10.1. The fraction of sp³-hybridized carbons (Fsp3) is 0.0714. The van der Waals surface area contributed by atoms with Crippen LogP contribution in [-0.4, -0.2) is 5.84 Å². The van der Waals surface area contributed by atoms with Gasteiger partial charge >= 0.3 is 0 Å². The van der Waals surface area contributed by atoms with Crippen LogP contribution in [0.2, 0.25) is 5.02 Å². The molecular formula is C14H14Cl2N2O. The molecule has 5 heteroatoms. The zero-order chi connectivity index (χ0) is 13.0. The van der Waals surface area contributed by atoms with E-state index in [0.29, 0.717) is 22.9 Å². The van der Waals surface area contributed by atoms with Gasteiger partial charge in [-0.05, 0) is 18.2 Å². The van der Waals surface area contributed by atoms with E-state index in [0.717, 1.165) is 5.56 Å². The normalized spacial score (nSPS) is 9.53. The van der Waals surface area contributed by atoms with Crippen LogP contribution in [0, 0.1) is 5.41 Å². The van der Waals surface area contributed by atoms with Gasteiger partial charge in [0.25, 0.3) is 0 Å². The van der Waals surface area contributed by atoms with Crippen molar-refractivity contribution < 1.29 is 4.74 Å². The van der Waals surface area contributed by atoms with Gasteiger partial charge in [-0.1, -0.05) is 41.9 Å². The molecule has 19 heavy (non-hydrogen) atoms. The van der Waals surface area contributed by atoms with Crippen LogP contribution in [-0.2, 0) is 6.61 Å². The standard InChI is InChI=1S/C14H13ClN2O.ClH/c15-13-7-2-1-4-11(13)9-18-12-6-3-5-10(8-12)14(16)17;/h1-8H,9H2,(H3,16,17);1H. The molecule has 0 bridgehead atoms. The summed E-state index contributed by atoms with van der Waals surface area (Å²) in [7, 11) is 0. The molecule has 0 saturated heterocycles. The van der Waals surface area contributed by atoms with Crippen molar-refractivity contribution in [3.63, 3.8) is 0 Å². The Balaban J connectivity index is 0.00000180.